The third-order valence-corrected chi connectivity index (χ3v) is 3.50. The molecule has 1 amide bonds. The molecule has 1 aromatic heterocycles. The van der Waals surface area contributed by atoms with Crippen LogP contribution in [0.1, 0.15) is 47.8 Å². The predicted molar refractivity (Wildman–Crippen MR) is 66.3 cm³/mol. The highest BCUT2D eigenvalue weighted by Crippen LogP contribution is 2.23. The summed E-state index contributed by atoms with van der Waals surface area (Å²) in [4.78, 5) is 16.0. The van der Waals surface area contributed by atoms with E-state index in [1.54, 1.807) is 13.8 Å². The monoisotopic (exact) mass is 252 g/mol. The number of aromatic nitrogens is 1. The molecule has 5 nitrogen and oxygen atoms in total. The second-order valence-corrected chi connectivity index (χ2v) is 4.97. The average Bonchev–Trinajstić information content (AvgIpc) is 2.67. The first-order valence-electron chi connectivity index (χ1n) is 6.48. The Morgan fingerprint density at radius 3 is 2.78 bits per heavy atom. The van der Waals surface area contributed by atoms with Crippen LogP contribution < -0.4 is 5.32 Å². The molecule has 0 aromatic carbocycles. The molecule has 1 aliphatic carbocycles. The van der Waals surface area contributed by atoms with E-state index < -0.39 is 0 Å². The first-order valence-corrected chi connectivity index (χ1v) is 6.48. The third-order valence-electron chi connectivity index (χ3n) is 3.50. The molecule has 5 heteroatoms. The van der Waals surface area contributed by atoms with E-state index in [0.29, 0.717) is 18.1 Å². The quantitative estimate of drug-likeness (QED) is 0.856. The maximum atomic E-state index is 11.9. The smallest absolute Gasteiger partial charge is 0.289 e. The van der Waals surface area contributed by atoms with Crippen molar-refractivity contribution in [1.29, 1.82) is 0 Å². The minimum absolute atomic E-state index is 0.159. The van der Waals surface area contributed by atoms with Gasteiger partial charge in [-0.1, -0.05) is 12.8 Å². The number of aryl methyl sites for hydroxylation is 2. The zero-order valence-electron chi connectivity index (χ0n) is 10.9. The third kappa shape index (κ3) is 2.90. The number of aliphatic hydroxyl groups is 1. The molecule has 1 aromatic rings. The van der Waals surface area contributed by atoms with Crippen LogP contribution in [0.15, 0.2) is 4.42 Å². The molecular weight excluding hydrogens is 232 g/mol. The molecular formula is C13H20N2O3. The lowest BCUT2D eigenvalue weighted by Crippen LogP contribution is -2.36. The highest BCUT2D eigenvalue weighted by molar-refractivity contribution is 5.92. The van der Waals surface area contributed by atoms with E-state index >= 15 is 0 Å². The van der Waals surface area contributed by atoms with Crippen LogP contribution in [0.2, 0.25) is 0 Å². The van der Waals surface area contributed by atoms with E-state index in [-0.39, 0.29) is 23.7 Å². The van der Waals surface area contributed by atoms with Gasteiger partial charge in [-0.15, -0.1) is 0 Å². The molecule has 0 radical (unpaired) electrons. The van der Waals surface area contributed by atoms with Crippen LogP contribution >= 0.6 is 0 Å². The van der Waals surface area contributed by atoms with Crippen LogP contribution in [0, 0.1) is 19.8 Å². The lowest BCUT2D eigenvalue weighted by atomic mass is 9.86. The highest BCUT2D eigenvalue weighted by atomic mass is 16.4. The van der Waals surface area contributed by atoms with Gasteiger partial charge in [-0.05, 0) is 19.8 Å². The van der Waals surface area contributed by atoms with Crippen molar-refractivity contribution in [2.45, 2.75) is 45.6 Å². The Morgan fingerprint density at radius 1 is 1.44 bits per heavy atom. The second-order valence-electron chi connectivity index (χ2n) is 4.97. The molecule has 2 N–H and O–H groups in total. The van der Waals surface area contributed by atoms with Gasteiger partial charge >= 0.3 is 0 Å². The maximum Gasteiger partial charge on any atom is 0.289 e. The molecule has 2 unspecified atom stereocenters. The normalized spacial score (nSPS) is 23.9. The molecule has 2 atom stereocenters. The lowest BCUT2D eigenvalue weighted by molar-refractivity contribution is 0.0655. The molecule has 0 saturated heterocycles. The summed E-state index contributed by atoms with van der Waals surface area (Å²) >= 11 is 0. The minimum atomic E-state index is -0.295. The molecule has 1 heterocycles. The van der Waals surface area contributed by atoms with Crippen molar-refractivity contribution in [2.75, 3.05) is 6.54 Å². The van der Waals surface area contributed by atoms with Crippen molar-refractivity contribution in [2.24, 2.45) is 5.92 Å². The summed E-state index contributed by atoms with van der Waals surface area (Å²) in [5.74, 6) is 0.686. The molecule has 18 heavy (non-hydrogen) atoms. The number of nitrogens with one attached hydrogen (secondary N) is 1. The molecule has 1 saturated carbocycles. The van der Waals surface area contributed by atoms with Crippen LogP contribution in [-0.2, 0) is 0 Å². The van der Waals surface area contributed by atoms with Crippen LogP contribution in [0.25, 0.3) is 0 Å². The first kappa shape index (κ1) is 13.1. The molecule has 0 spiro atoms. The van der Waals surface area contributed by atoms with Crippen LogP contribution in [0.5, 0.6) is 0 Å². The van der Waals surface area contributed by atoms with E-state index in [2.05, 4.69) is 10.3 Å². The van der Waals surface area contributed by atoms with Gasteiger partial charge in [0, 0.05) is 19.4 Å². The minimum Gasteiger partial charge on any atom is -0.436 e. The van der Waals surface area contributed by atoms with Gasteiger partial charge in [0.25, 0.3) is 5.91 Å². The van der Waals surface area contributed by atoms with Crippen molar-refractivity contribution in [3.63, 3.8) is 0 Å². The van der Waals surface area contributed by atoms with E-state index in [1.165, 1.54) is 0 Å². The van der Waals surface area contributed by atoms with Crippen molar-refractivity contribution in [3.05, 3.63) is 17.3 Å². The van der Waals surface area contributed by atoms with Gasteiger partial charge < -0.3 is 14.8 Å². The van der Waals surface area contributed by atoms with Crippen molar-refractivity contribution >= 4 is 5.91 Å². The fourth-order valence-corrected chi connectivity index (χ4v) is 2.47. The summed E-state index contributed by atoms with van der Waals surface area (Å²) in [6, 6.07) is 0. The van der Waals surface area contributed by atoms with Crippen molar-refractivity contribution in [1.82, 2.24) is 10.3 Å². The lowest BCUT2D eigenvalue weighted by Gasteiger charge is -2.27. The van der Waals surface area contributed by atoms with Gasteiger partial charge in [0.2, 0.25) is 5.76 Å². The number of aliphatic hydroxyl groups excluding tert-OH is 1. The Bertz CT molecular complexity index is 428. The van der Waals surface area contributed by atoms with Gasteiger partial charge in [-0.3, -0.25) is 4.79 Å². The number of carbonyl (C=O) groups excluding carboxylic acids is 1. The molecule has 2 rings (SSSR count). The maximum absolute atomic E-state index is 11.9. The van der Waals surface area contributed by atoms with E-state index in [0.717, 1.165) is 25.7 Å². The Morgan fingerprint density at radius 2 is 2.17 bits per heavy atom. The fourth-order valence-electron chi connectivity index (χ4n) is 2.47. The molecule has 0 aliphatic heterocycles. The summed E-state index contributed by atoms with van der Waals surface area (Å²) in [7, 11) is 0. The number of carbonyl (C=O) groups is 1. The summed E-state index contributed by atoms with van der Waals surface area (Å²) in [6.07, 6.45) is 3.71. The number of oxazole rings is 1. The van der Waals surface area contributed by atoms with Gasteiger partial charge in [-0.25, -0.2) is 4.98 Å². The first-order chi connectivity index (χ1) is 8.58. The Balaban J connectivity index is 1.90. The van der Waals surface area contributed by atoms with Gasteiger partial charge in [0.1, 0.15) is 0 Å². The highest BCUT2D eigenvalue weighted by Gasteiger charge is 2.24. The number of hydrogen-bond acceptors (Lipinski definition) is 4. The zero-order valence-corrected chi connectivity index (χ0v) is 10.9. The standard InChI is InChI=1S/C13H20N2O3/c1-8-12(18-9(2)15-8)13(17)14-7-10-5-3-4-6-11(10)16/h10-11,16H,3-7H2,1-2H3,(H,14,17). The molecule has 1 fully saturated rings. The van der Waals surface area contributed by atoms with Crippen molar-refractivity contribution in [3.8, 4) is 0 Å². The summed E-state index contributed by atoms with van der Waals surface area (Å²) in [5, 5.41) is 12.6. The van der Waals surface area contributed by atoms with Crippen LogP contribution in [0.3, 0.4) is 0 Å². The Hall–Kier alpha value is -1.36. The second kappa shape index (κ2) is 5.52. The molecule has 1 aliphatic rings. The summed E-state index contributed by atoms with van der Waals surface area (Å²) in [6.45, 7) is 3.97. The number of rotatable bonds is 3. The summed E-state index contributed by atoms with van der Waals surface area (Å²) < 4.78 is 5.26. The Kier molecular flexibility index (Phi) is 4.01. The predicted octanol–water partition coefficient (Wildman–Crippen LogP) is 1.57. The molecule has 100 valence electrons. The summed E-state index contributed by atoms with van der Waals surface area (Å²) in [5.41, 5.74) is 0.606. The van der Waals surface area contributed by atoms with Gasteiger partial charge in [-0.2, -0.15) is 0 Å². The fraction of sp³-hybridized carbons (Fsp3) is 0.692. The SMILES string of the molecule is Cc1nc(C)c(C(=O)NCC2CCCCC2O)o1. The van der Waals surface area contributed by atoms with Gasteiger partial charge in [0.15, 0.2) is 5.89 Å². The number of hydrogen-bond donors (Lipinski definition) is 2. The van der Waals surface area contributed by atoms with E-state index in [1.807, 2.05) is 0 Å². The largest absolute Gasteiger partial charge is 0.436 e. The average molecular weight is 252 g/mol. The molecule has 0 bridgehead atoms. The number of amides is 1. The Labute approximate surface area is 107 Å². The topological polar surface area (TPSA) is 75.4 Å². The van der Waals surface area contributed by atoms with Crippen LogP contribution in [-0.4, -0.2) is 28.6 Å². The zero-order chi connectivity index (χ0) is 13.1. The van der Waals surface area contributed by atoms with E-state index in [9.17, 15) is 9.90 Å². The van der Waals surface area contributed by atoms with E-state index in [4.69, 9.17) is 4.42 Å². The van der Waals surface area contributed by atoms with Gasteiger partial charge in [0.05, 0.1) is 11.8 Å². The van der Waals surface area contributed by atoms with Crippen LogP contribution in [0.4, 0.5) is 0 Å². The number of nitrogens with zero attached hydrogens (tertiary/aromatic N) is 1. The van der Waals surface area contributed by atoms with Crippen molar-refractivity contribution < 1.29 is 14.3 Å².